The highest BCUT2D eigenvalue weighted by Gasteiger charge is 2.11. The quantitative estimate of drug-likeness (QED) is 0.367. The zero-order valence-electron chi connectivity index (χ0n) is 15.6. The molecule has 2 aromatic carbocycles. The van der Waals surface area contributed by atoms with Crippen LogP contribution in [0, 0.1) is 5.82 Å². The van der Waals surface area contributed by atoms with Gasteiger partial charge in [0.25, 0.3) is 0 Å². The van der Waals surface area contributed by atoms with Crippen LogP contribution in [0.2, 0.25) is 5.02 Å². The number of halogens is 2. The monoisotopic (exact) mass is 425 g/mol. The Hall–Kier alpha value is -2.96. The first kappa shape index (κ1) is 19.4. The summed E-state index contributed by atoms with van der Waals surface area (Å²) in [6.07, 6.45) is 1.53. The number of thiophene rings is 1. The highest BCUT2D eigenvalue weighted by molar-refractivity contribution is 7.19. The highest BCUT2D eigenvalue weighted by atomic mass is 35.5. The Morgan fingerprint density at radius 3 is 2.83 bits per heavy atom. The third-order valence-corrected chi connectivity index (χ3v) is 5.73. The van der Waals surface area contributed by atoms with Crippen LogP contribution in [0.15, 0.2) is 61.4 Å². The Morgan fingerprint density at radius 1 is 1.21 bits per heavy atom. The van der Waals surface area contributed by atoms with Gasteiger partial charge in [-0.3, -0.25) is 0 Å². The van der Waals surface area contributed by atoms with E-state index < -0.39 is 0 Å². The standard InChI is InChI=1S/C22H17ClFN3OS/c1-13(2)20-10-17-21(25-12-26-22(17)29-20)27-16-6-7-19(18(23)9-16)28-11-14-4-3-5-15(24)8-14/h3-10,12H,1,11H2,2H3,(H,25,26,27). The maximum atomic E-state index is 13.3. The molecule has 0 spiro atoms. The molecule has 4 nitrogen and oxygen atoms in total. The fraction of sp³-hybridized carbons (Fsp3) is 0.0909. The summed E-state index contributed by atoms with van der Waals surface area (Å²) in [5, 5.41) is 4.66. The first-order valence-corrected chi connectivity index (χ1v) is 10.0. The predicted molar refractivity (Wildman–Crippen MR) is 118 cm³/mol. The van der Waals surface area contributed by atoms with Crippen LogP contribution in [0.5, 0.6) is 5.75 Å². The molecule has 0 bridgehead atoms. The molecule has 0 aliphatic heterocycles. The molecule has 7 heteroatoms. The SMILES string of the molecule is C=C(C)c1cc2c(Nc3ccc(OCc4cccc(F)c4)c(Cl)c3)ncnc2s1. The summed E-state index contributed by atoms with van der Waals surface area (Å²) in [6, 6.07) is 13.7. The molecule has 1 N–H and O–H groups in total. The summed E-state index contributed by atoms with van der Waals surface area (Å²) in [7, 11) is 0. The maximum absolute atomic E-state index is 13.3. The lowest BCUT2D eigenvalue weighted by atomic mass is 10.2. The summed E-state index contributed by atoms with van der Waals surface area (Å²) in [5.74, 6) is 0.925. The molecule has 0 saturated heterocycles. The number of ether oxygens (including phenoxy) is 1. The number of fused-ring (bicyclic) bond motifs is 1. The van der Waals surface area contributed by atoms with Crippen molar-refractivity contribution in [1.82, 2.24) is 9.97 Å². The fourth-order valence-corrected chi connectivity index (χ4v) is 3.95. The van der Waals surface area contributed by atoms with Gasteiger partial charge >= 0.3 is 0 Å². The Labute approximate surface area is 176 Å². The molecule has 0 atom stereocenters. The van der Waals surface area contributed by atoms with Crippen LogP contribution in [0.4, 0.5) is 15.9 Å². The fourth-order valence-electron chi connectivity index (χ4n) is 2.79. The number of hydrogen-bond acceptors (Lipinski definition) is 5. The van der Waals surface area contributed by atoms with Crippen molar-refractivity contribution in [3.63, 3.8) is 0 Å². The topological polar surface area (TPSA) is 47.0 Å². The van der Waals surface area contributed by atoms with Crippen LogP contribution in [0.3, 0.4) is 0 Å². The number of benzene rings is 2. The lowest BCUT2D eigenvalue weighted by molar-refractivity contribution is 0.306. The van der Waals surface area contributed by atoms with Crippen LogP contribution in [-0.2, 0) is 6.61 Å². The van der Waals surface area contributed by atoms with Crippen LogP contribution in [0.1, 0.15) is 17.4 Å². The van der Waals surface area contributed by atoms with Gasteiger partial charge < -0.3 is 10.1 Å². The van der Waals surface area contributed by atoms with E-state index in [1.807, 2.05) is 19.1 Å². The minimum absolute atomic E-state index is 0.232. The molecule has 0 fully saturated rings. The second-order valence-electron chi connectivity index (χ2n) is 6.52. The molecule has 0 radical (unpaired) electrons. The van der Waals surface area contributed by atoms with Crippen molar-refractivity contribution in [2.75, 3.05) is 5.32 Å². The Kier molecular flexibility index (Phi) is 5.47. The van der Waals surface area contributed by atoms with E-state index >= 15 is 0 Å². The van der Waals surface area contributed by atoms with Gasteiger partial charge in [-0.15, -0.1) is 11.3 Å². The number of anilines is 2. The molecular weight excluding hydrogens is 409 g/mol. The van der Waals surface area contributed by atoms with Crippen molar-refractivity contribution in [3.05, 3.63) is 82.7 Å². The summed E-state index contributed by atoms with van der Waals surface area (Å²) in [6.45, 7) is 6.19. The lowest BCUT2D eigenvalue weighted by Gasteiger charge is -2.11. The highest BCUT2D eigenvalue weighted by Crippen LogP contribution is 2.34. The number of aromatic nitrogens is 2. The third kappa shape index (κ3) is 4.39. The first-order chi connectivity index (χ1) is 14.0. The summed E-state index contributed by atoms with van der Waals surface area (Å²) >= 11 is 7.95. The summed E-state index contributed by atoms with van der Waals surface area (Å²) in [4.78, 5) is 10.6. The van der Waals surface area contributed by atoms with Gasteiger partial charge in [0, 0.05) is 10.6 Å². The lowest BCUT2D eigenvalue weighted by Crippen LogP contribution is -1.98. The van der Waals surface area contributed by atoms with E-state index in [4.69, 9.17) is 16.3 Å². The Morgan fingerprint density at radius 2 is 2.07 bits per heavy atom. The maximum Gasteiger partial charge on any atom is 0.142 e. The van der Waals surface area contributed by atoms with Gasteiger partial charge in [0.1, 0.15) is 35.1 Å². The number of hydrogen-bond donors (Lipinski definition) is 1. The van der Waals surface area contributed by atoms with E-state index in [0.29, 0.717) is 16.6 Å². The zero-order valence-corrected chi connectivity index (χ0v) is 17.1. The average molecular weight is 426 g/mol. The van der Waals surface area contributed by atoms with Gasteiger partial charge in [0.15, 0.2) is 0 Å². The van der Waals surface area contributed by atoms with E-state index in [-0.39, 0.29) is 12.4 Å². The molecular formula is C22H17ClFN3OS. The van der Waals surface area contributed by atoms with E-state index in [0.717, 1.165) is 31.9 Å². The number of rotatable bonds is 6. The molecule has 29 heavy (non-hydrogen) atoms. The van der Waals surface area contributed by atoms with Gasteiger partial charge in [-0.2, -0.15) is 0 Å². The average Bonchev–Trinajstić information content (AvgIpc) is 3.13. The number of nitrogens with one attached hydrogen (secondary N) is 1. The summed E-state index contributed by atoms with van der Waals surface area (Å²) in [5.41, 5.74) is 2.50. The number of nitrogens with zero attached hydrogens (tertiary/aromatic N) is 2. The second kappa shape index (κ2) is 8.19. The molecule has 0 saturated carbocycles. The summed E-state index contributed by atoms with van der Waals surface area (Å²) < 4.78 is 19.0. The molecule has 0 aliphatic carbocycles. The van der Waals surface area contributed by atoms with Crippen molar-refractivity contribution in [1.29, 1.82) is 0 Å². The van der Waals surface area contributed by atoms with Crippen molar-refractivity contribution in [2.24, 2.45) is 0 Å². The first-order valence-electron chi connectivity index (χ1n) is 8.84. The minimum Gasteiger partial charge on any atom is -0.487 e. The van der Waals surface area contributed by atoms with Crippen LogP contribution < -0.4 is 10.1 Å². The smallest absolute Gasteiger partial charge is 0.142 e. The Balaban J connectivity index is 1.52. The van der Waals surface area contributed by atoms with Gasteiger partial charge in [-0.1, -0.05) is 30.3 Å². The third-order valence-electron chi connectivity index (χ3n) is 4.23. The molecule has 146 valence electrons. The molecule has 2 aromatic heterocycles. The Bertz CT molecular complexity index is 1210. The van der Waals surface area contributed by atoms with Gasteiger partial charge in [-0.05, 0) is 54.5 Å². The van der Waals surface area contributed by atoms with Crippen LogP contribution in [-0.4, -0.2) is 9.97 Å². The van der Waals surface area contributed by atoms with E-state index in [2.05, 4.69) is 21.9 Å². The van der Waals surface area contributed by atoms with Crippen molar-refractivity contribution < 1.29 is 9.13 Å². The largest absolute Gasteiger partial charge is 0.487 e. The predicted octanol–water partition coefficient (Wildman–Crippen LogP) is 6.84. The number of allylic oxidation sites excluding steroid dienone is 1. The van der Waals surface area contributed by atoms with Crippen LogP contribution >= 0.6 is 22.9 Å². The van der Waals surface area contributed by atoms with Crippen molar-refractivity contribution >= 4 is 50.2 Å². The zero-order chi connectivity index (χ0) is 20.4. The van der Waals surface area contributed by atoms with Crippen molar-refractivity contribution in [2.45, 2.75) is 13.5 Å². The second-order valence-corrected chi connectivity index (χ2v) is 7.96. The van der Waals surface area contributed by atoms with Crippen molar-refractivity contribution in [3.8, 4) is 5.75 Å². The van der Waals surface area contributed by atoms with Gasteiger partial charge in [-0.25, -0.2) is 14.4 Å². The van der Waals surface area contributed by atoms with Crippen LogP contribution in [0.25, 0.3) is 15.8 Å². The van der Waals surface area contributed by atoms with Gasteiger partial charge in [0.05, 0.1) is 10.4 Å². The molecule has 0 aliphatic rings. The van der Waals surface area contributed by atoms with Gasteiger partial charge in [0.2, 0.25) is 0 Å². The van der Waals surface area contributed by atoms with E-state index in [1.165, 1.54) is 18.5 Å². The minimum atomic E-state index is -0.295. The molecule has 0 amide bonds. The molecule has 4 aromatic rings. The molecule has 2 heterocycles. The van der Waals surface area contributed by atoms with E-state index in [9.17, 15) is 4.39 Å². The van der Waals surface area contributed by atoms with E-state index in [1.54, 1.807) is 35.6 Å². The molecule has 0 unspecified atom stereocenters. The normalized spacial score (nSPS) is 10.9. The molecule has 4 rings (SSSR count).